The Labute approximate surface area is 226 Å². The number of methoxy groups -OCH3 is 2. The van der Waals surface area contributed by atoms with Crippen molar-refractivity contribution in [1.29, 1.82) is 0 Å². The summed E-state index contributed by atoms with van der Waals surface area (Å²) in [6.07, 6.45) is -1.81. The topological polar surface area (TPSA) is 100 Å². The lowest BCUT2D eigenvalue weighted by Crippen LogP contribution is -2.52. The maximum Gasteiger partial charge on any atom is 0.490 e. The minimum Gasteiger partial charge on any atom is -0.493 e. The third-order valence-corrected chi connectivity index (χ3v) is 7.35. The first kappa shape index (κ1) is 30.9. The SMILES string of the molecule is COc1ccc(C23CCC(NC(=O)Nc4ccc(F)c(F)c4F)CC2N(C)CC3)cc1OC.O=C(O)C(F)(F)F. The molecule has 3 unspecified atom stereocenters. The van der Waals surface area contributed by atoms with Gasteiger partial charge in [-0.05, 0) is 69.1 Å². The molecule has 2 amide bonds. The van der Waals surface area contributed by atoms with Crippen LogP contribution in [0.1, 0.15) is 31.2 Å². The molecule has 2 aromatic carbocycles. The van der Waals surface area contributed by atoms with Gasteiger partial charge in [-0.15, -0.1) is 0 Å². The van der Waals surface area contributed by atoms with Gasteiger partial charge in [0, 0.05) is 17.5 Å². The van der Waals surface area contributed by atoms with Crippen molar-refractivity contribution in [3.05, 3.63) is 53.3 Å². The molecule has 4 rings (SSSR count). The Hall–Kier alpha value is -3.68. The van der Waals surface area contributed by atoms with Crippen LogP contribution >= 0.6 is 0 Å². The molecule has 14 heteroatoms. The number of carbonyl (C=O) groups excluding carboxylic acids is 1. The highest BCUT2D eigenvalue weighted by atomic mass is 19.4. The van der Waals surface area contributed by atoms with E-state index in [2.05, 4.69) is 28.6 Å². The first-order valence-corrected chi connectivity index (χ1v) is 12.2. The van der Waals surface area contributed by atoms with Crippen LogP contribution in [0.2, 0.25) is 0 Å². The predicted molar refractivity (Wildman–Crippen MR) is 132 cm³/mol. The summed E-state index contributed by atoms with van der Waals surface area (Å²) in [5, 5.41) is 12.3. The molecule has 1 saturated heterocycles. The second-order valence-corrected chi connectivity index (χ2v) is 9.57. The number of carboxylic acids is 1. The smallest absolute Gasteiger partial charge is 0.490 e. The molecule has 2 aliphatic rings. The Morgan fingerprint density at radius 3 is 2.27 bits per heavy atom. The number of fused-ring (bicyclic) bond motifs is 1. The molecule has 0 radical (unpaired) electrons. The van der Waals surface area contributed by atoms with E-state index in [1.165, 1.54) is 5.56 Å². The number of anilines is 1. The van der Waals surface area contributed by atoms with Gasteiger partial charge in [0.2, 0.25) is 0 Å². The zero-order valence-corrected chi connectivity index (χ0v) is 21.9. The Balaban J connectivity index is 0.000000559. The highest BCUT2D eigenvalue weighted by Gasteiger charge is 2.50. The summed E-state index contributed by atoms with van der Waals surface area (Å²) < 4.78 is 83.1. The molecule has 2 fully saturated rings. The van der Waals surface area contributed by atoms with E-state index in [1.54, 1.807) is 14.2 Å². The molecule has 2 aromatic rings. The van der Waals surface area contributed by atoms with Crippen LogP contribution in [0.15, 0.2) is 30.3 Å². The summed E-state index contributed by atoms with van der Waals surface area (Å²) in [5.74, 6) is -5.73. The maximum absolute atomic E-state index is 13.9. The summed E-state index contributed by atoms with van der Waals surface area (Å²) >= 11 is 0. The van der Waals surface area contributed by atoms with Crippen molar-refractivity contribution >= 4 is 17.7 Å². The maximum atomic E-state index is 13.9. The van der Waals surface area contributed by atoms with Gasteiger partial charge in [-0.25, -0.2) is 22.8 Å². The van der Waals surface area contributed by atoms with Gasteiger partial charge in [0.15, 0.2) is 29.0 Å². The number of amides is 2. The number of carboxylic acid groups (broad SMARTS) is 1. The van der Waals surface area contributed by atoms with E-state index >= 15 is 0 Å². The number of halogens is 6. The fourth-order valence-corrected chi connectivity index (χ4v) is 5.36. The van der Waals surface area contributed by atoms with Crippen LogP contribution in [0.5, 0.6) is 11.5 Å². The number of nitrogens with zero attached hydrogens (tertiary/aromatic N) is 1. The Morgan fingerprint density at radius 2 is 1.68 bits per heavy atom. The van der Waals surface area contributed by atoms with E-state index in [0.29, 0.717) is 17.9 Å². The van der Waals surface area contributed by atoms with Gasteiger partial charge in [-0.3, -0.25) is 0 Å². The van der Waals surface area contributed by atoms with Crippen molar-refractivity contribution in [2.45, 2.75) is 49.4 Å². The fourth-order valence-electron chi connectivity index (χ4n) is 5.36. The Kier molecular flexibility index (Phi) is 9.44. The van der Waals surface area contributed by atoms with Gasteiger partial charge in [0.25, 0.3) is 0 Å². The Morgan fingerprint density at radius 1 is 1.02 bits per heavy atom. The summed E-state index contributed by atoms with van der Waals surface area (Å²) in [7, 11) is 5.30. The van der Waals surface area contributed by atoms with Crippen LogP contribution in [0.4, 0.5) is 36.8 Å². The molecule has 8 nitrogen and oxygen atoms in total. The quantitative estimate of drug-likeness (QED) is 0.339. The lowest BCUT2D eigenvalue weighted by molar-refractivity contribution is -0.192. The van der Waals surface area contributed by atoms with E-state index < -0.39 is 41.3 Å². The zero-order valence-electron chi connectivity index (χ0n) is 21.9. The number of likely N-dealkylation sites (tertiary alicyclic amines) is 1. The average molecular weight is 578 g/mol. The van der Waals surface area contributed by atoms with Crippen LogP contribution in [0.3, 0.4) is 0 Å². The molecule has 1 heterocycles. The fraction of sp³-hybridized carbons (Fsp3) is 0.462. The van der Waals surface area contributed by atoms with Gasteiger partial charge in [-0.2, -0.15) is 13.2 Å². The Bertz CT molecular complexity index is 1240. The third-order valence-electron chi connectivity index (χ3n) is 7.35. The van der Waals surface area contributed by atoms with Crippen molar-refractivity contribution in [3.8, 4) is 11.5 Å². The number of nitrogens with one attached hydrogen (secondary N) is 2. The number of hydrogen-bond donors (Lipinski definition) is 3. The van der Waals surface area contributed by atoms with E-state index in [9.17, 15) is 31.1 Å². The van der Waals surface area contributed by atoms with Gasteiger partial charge >= 0.3 is 18.2 Å². The molecule has 40 heavy (non-hydrogen) atoms. The number of carbonyl (C=O) groups is 2. The summed E-state index contributed by atoms with van der Waals surface area (Å²) in [6, 6.07) is 7.22. The van der Waals surface area contributed by atoms with Gasteiger partial charge in [0.1, 0.15) is 0 Å². The van der Waals surface area contributed by atoms with Gasteiger partial charge in [-0.1, -0.05) is 6.07 Å². The number of hydrogen-bond acceptors (Lipinski definition) is 5. The molecule has 0 aromatic heterocycles. The molecule has 0 spiro atoms. The van der Waals surface area contributed by atoms with E-state index in [4.69, 9.17) is 19.4 Å². The predicted octanol–water partition coefficient (Wildman–Crippen LogP) is 5.07. The monoisotopic (exact) mass is 577 g/mol. The number of urea groups is 1. The number of alkyl halides is 3. The highest BCUT2D eigenvalue weighted by Crippen LogP contribution is 2.49. The minimum atomic E-state index is -5.08. The minimum absolute atomic E-state index is 0.0743. The molecule has 0 bridgehead atoms. The molecule has 1 aliphatic carbocycles. The molecular weight excluding hydrogens is 548 g/mol. The standard InChI is InChI=1S/C24H28F3N3O3.C2HF3O2/c1-30-11-10-24(14-4-7-18(32-2)19(12-14)33-3)9-8-15(13-20(24)30)28-23(31)29-17-6-5-16(25)21(26)22(17)27;3-2(4,5)1(6)7/h4-7,12,15,20H,8-11,13H2,1-3H3,(H2,28,29,31);(H,6,7). The number of ether oxygens (including phenoxy) is 2. The summed E-state index contributed by atoms with van der Waals surface area (Å²) in [6.45, 7) is 0.929. The van der Waals surface area contributed by atoms with Crippen LogP contribution < -0.4 is 20.1 Å². The molecule has 220 valence electrons. The summed E-state index contributed by atoms with van der Waals surface area (Å²) in [4.78, 5) is 23.7. The molecule has 1 aliphatic heterocycles. The van der Waals surface area contributed by atoms with Crippen molar-refractivity contribution in [3.63, 3.8) is 0 Å². The van der Waals surface area contributed by atoms with Gasteiger partial charge < -0.3 is 30.1 Å². The number of likely N-dealkylation sites (N-methyl/N-ethyl adjacent to an activating group) is 1. The second kappa shape index (κ2) is 12.2. The van der Waals surface area contributed by atoms with Crippen molar-refractivity contribution < 1.29 is 50.5 Å². The normalized spacial score (nSPS) is 22.4. The van der Waals surface area contributed by atoms with Crippen LogP contribution in [0.25, 0.3) is 0 Å². The van der Waals surface area contributed by atoms with Crippen LogP contribution in [-0.2, 0) is 10.2 Å². The van der Waals surface area contributed by atoms with Crippen LogP contribution in [0, 0.1) is 17.5 Å². The van der Waals surface area contributed by atoms with E-state index in [0.717, 1.165) is 37.9 Å². The van der Waals surface area contributed by atoms with Gasteiger partial charge in [0.05, 0.1) is 19.9 Å². The van der Waals surface area contributed by atoms with Crippen molar-refractivity contribution in [2.24, 2.45) is 0 Å². The largest absolute Gasteiger partial charge is 0.493 e. The molecule has 3 N–H and O–H groups in total. The summed E-state index contributed by atoms with van der Waals surface area (Å²) in [5.41, 5.74) is 0.705. The second-order valence-electron chi connectivity index (χ2n) is 9.57. The first-order valence-electron chi connectivity index (χ1n) is 12.2. The van der Waals surface area contributed by atoms with Crippen molar-refractivity contribution in [2.75, 3.05) is 33.1 Å². The number of aliphatic carboxylic acids is 1. The lowest BCUT2D eigenvalue weighted by Gasteiger charge is -2.45. The van der Waals surface area contributed by atoms with E-state index in [-0.39, 0.29) is 17.5 Å². The van der Waals surface area contributed by atoms with E-state index in [1.807, 2.05) is 12.1 Å². The first-order chi connectivity index (χ1) is 18.7. The third kappa shape index (κ3) is 6.54. The average Bonchev–Trinajstić information content (AvgIpc) is 3.25. The lowest BCUT2D eigenvalue weighted by atomic mass is 9.65. The number of benzene rings is 2. The molecule has 1 saturated carbocycles. The highest BCUT2D eigenvalue weighted by molar-refractivity contribution is 5.89. The van der Waals surface area contributed by atoms with Crippen LogP contribution in [-0.4, -0.2) is 68.1 Å². The molecular formula is C26H29F6N3O5. The van der Waals surface area contributed by atoms with Crippen molar-refractivity contribution in [1.82, 2.24) is 10.2 Å². The molecule has 3 atom stereocenters. The zero-order chi connectivity index (χ0) is 29.8. The number of rotatable bonds is 5.